The molecule has 4 rings (SSSR count). The Morgan fingerprint density at radius 1 is 1.35 bits per heavy atom. The number of aromatic nitrogens is 3. The summed E-state index contributed by atoms with van der Waals surface area (Å²) in [6.07, 6.45) is 7.12. The third-order valence-electron chi connectivity index (χ3n) is 4.91. The number of hydrogen-bond donors (Lipinski definition) is 1. The van der Waals surface area contributed by atoms with E-state index in [0.717, 1.165) is 30.8 Å². The minimum Gasteiger partial charge on any atom is -0.355 e. The fourth-order valence-corrected chi connectivity index (χ4v) is 3.57. The number of imidazole rings is 1. The fraction of sp³-hybridized carbons (Fsp3) is 0.316. The monoisotopic (exact) mass is 348 g/mol. The smallest absolute Gasteiger partial charge is 0.278 e. The van der Waals surface area contributed by atoms with E-state index in [1.807, 2.05) is 24.4 Å². The molecule has 0 aliphatic carbocycles. The first-order chi connectivity index (χ1) is 12.7. The lowest BCUT2D eigenvalue weighted by molar-refractivity contribution is 0.495. The van der Waals surface area contributed by atoms with Gasteiger partial charge in [-0.15, -0.1) is 0 Å². The molecule has 0 spiro atoms. The lowest BCUT2D eigenvalue weighted by Gasteiger charge is -2.34. The van der Waals surface area contributed by atoms with Crippen molar-refractivity contribution in [3.05, 3.63) is 64.5 Å². The van der Waals surface area contributed by atoms with Crippen molar-refractivity contribution >= 4 is 11.3 Å². The third-order valence-corrected chi connectivity index (χ3v) is 4.91. The predicted octanol–water partition coefficient (Wildman–Crippen LogP) is 1.34. The summed E-state index contributed by atoms with van der Waals surface area (Å²) in [5.74, 6) is 0.809. The molecule has 3 aromatic rings. The Bertz CT molecular complexity index is 1040. The highest BCUT2D eigenvalue weighted by Crippen LogP contribution is 2.21. The lowest BCUT2D eigenvalue weighted by atomic mass is 10.1. The van der Waals surface area contributed by atoms with Crippen LogP contribution in [-0.4, -0.2) is 33.1 Å². The lowest BCUT2D eigenvalue weighted by Crippen LogP contribution is -2.45. The van der Waals surface area contributed by atoms with E-state index in [4.69, 9.17) is 5.73 Å². The van der Waals surface area contributed by atoms with Crippen LogP contribution in [0.25, 0.3) is 5.52 Å². The summed E-state index contributed by atoms with van der Waals surface area (Å²) in [6.45, 7) is 1.90. The molecule has 0 bridgehead atoms. The zero-order chi connectivity index (χ0) is 18.1. The van der Waals surface area contributed by atoms with E-state index in [-0.39, 0.29) is 11.6 Å². The van der Waals surface area contributed by atoms with Crippen LogP contribution in [0.5, 0.6) is 0 Å². The number of nitrogens with two attached hydrogens (primary N) is 1. The van der Waals surface area contributed by atoms with Crippen molar-refractivity contribution < 1.29 is 0 Å². The van der Waals surface area contributed by atoms with Crippen LogP contribution in [0.1, 0.15) is 24.0 Å². The zero-order valence-electron chi connectivity index (χ0n) is 14.4. The summed E-state index contributed by atoms with van der Waals surface area (Å²) in [5.41, 5.74) is 7.95. The summed E-state index contributed by atoms with van der Waals surface area (Å²) in [7, 11) is 0. The molecule has 1 aliphatic heterocycles. The van der Waals surface area contributed by atoms with E-state index < -0.39 is 0 Å². The molecule has 1 aromatic carbocycles. The van der Waals surface area contributed by atoms with Crippen LogP contribution in [0.3, 0.4) is 0 Å². The number of anilines is 1. The largest absolute Gasteiger partial charge is 0.355 e. The van der Waals surface area contributed by atoms with Gasteiger partial charge in [0.25, 0.3) is 5.56 Å². The van der Waals surface area contributed by atoms with E-state index in [1.165, 1.54) is 0 Å². The maximum atomic E-state index is 13.1. The van der Waals surface area contributed by atoms with Crippen LogP contribution < -0.4 is 16.2 Å². The van der Waals surface area contributed by atoms with E-state index >= 15 is 0 Å². The summed E-state index contributed by atoms with van der Waals surface area (Å²) in [5, 5.41) is 9.38. The van der Waals surface area contributed by atoms with Gasteiger partial charge in [-0.25, -0.2) is 4.98 Å². The molecule has 0 saturated carbocycles. The van der Waals surface area contributed by atoms with Gasteiger partial charge in [-0.05, 0) is 24.5 Å². The Balaban J connectivity index is 1.86. The molecule has 26 heavy (non-hydrogen) atoms. The second-order valence-electron chi connectivity index (χ2n) is 6.68. The second kappa shape index (κ2) is 6.65. The molecule has 1 aliphatic rings. The quantitative estimate of drug-likeness (QED) is 0.771. The maximum absolute atomic E-state index is 13.1. The average Bonchev–Trinajstić information content (AvgIpc) is 3.13. The summed E-state index contributed by atoms with van der Waals surface area (Å²) in [4.78, 5) is 19.4. The molecular weight excluding hydrogens is 328 g/mol. The van der Waals surface area contributed by atoms with E-state index in [9.17, 15) is 10.1 Å². The first-order valence-corrected chi connectivity index (χ1v) is 8.71. The first-order valence-electron chi connectivity index (χ1n) is 8.71. The SMILES string of the molecule is N#Cc1ccccc1Cn1c(N2CCCC(N)C2)cn2cncc2c1=O. The molecule has 1 fully saturated rings. The molecule has 0 amide bonds. The molecule has 3 heterocycles. The van der Waals surface area contributed by atoms with Gasteiger partial charge in [0.05, 0.1) is 36.9 Å². The number of nitriles is 1. The summed E-state index contributed by atoms with van der Waals surface area (Å²) < 4.78 is 3.48. The Labute approximate surface area is 150 Å². The van der Waals surface area contributed by atoms with Crippen LogP contribution in [0, 0.1) is 11.3 Å². The topological polar surface area (TPSA) is 92.3 Å². The molecule has 2 aromatic heterocycles. The van der Waals surface area contributed by atoms with Gasteiger partial charge in [-0.1, -0.05) is 18.2 Å². The molecule has 1 atom stereocenters. The molecular formula is C19H20N6O. The Morgan fingerprint density at radius 3 is 3.00 bits per heavy atom. The van der Waals surface area contributed by atoms with Crippen molar-refractivity contribution in [2.24, 2.45) is 5.73 Å². The van der Waals surface area contributed by atoms with Crippen LogP contribution in [0.2, 0.25) is 0 Å². The van der Waals surface area contributed by atoms with Gasteiger partial charge in [-0.2, -0.15) is 5.26 Å². The Kier molecular flexibility index (Phi) is 4.19. The average molecular weight is 348 g/mol. The van der Waals surface area contributed by atoms with Crippen LogP contribution in [-0.2, 0) is 6.54 Å². The third kappa shape index (κ3) is 2.85. The van der Waals surface area contributed by atoms with Crippen LogP contribution in [0.4, 0.5) is 5.82 Å². The van der Waals surface area contributed by atoms with Gasteiger partial charge in [0.2, 0.25) is 0 Å². The fourth-order valence-electron chi connectivity index (χ4n) is 3.57. The van der Waals surface area contributed by atoms with Gasteiger partial charge in [0.15, 0.2) is 0 Å². The van der Waals surface area contributed by atoms with Gasteiger partial charge in [0, 0.05) is 19.1 Å². The number of benzene rings is 1. The van der Waals surface area contributed by atoms with Crippen molar-refractivity contribution in [3.8, 4) is 6.07 Å². The number of fused-ring (bicyclic) bond motifs is 1. The Hall–Kier alpha value is -3.11. The van der Waals surface area contributed by atoms with Crippen molar-refractivity contribution in [1.82, 2.24) is 14.0 Å². The highest BCUT2D eigenvalue weighted by molar-refractivity contribution is 5.50. The summed E-state index contributed by atoms with van der Waals surface area (Å²) in [6, 6.07) is 9.67. The van der Waals surface area contributed by atoms with Crippen molar-refractivity contribution in [3.63, 3.8) is 0 Å². The van der Waals surface area contributed by atoms with Gasteiger partial charge < -0.3 is 10.6 Å². The number of hydrogen-bond acceptors (Lipinski definition) is 5. The Morgan fingerprint density at radius 2 is 2.19 bits per heavy atom. The van der Waals surface area contributed by atoms with Gasteiger partial charge in [0.1, 0.15) is 11.3 Å². The van der Waals surface area contributed by atoms with Crippen molar-refractivity contribution in [2.75, 3.05) is 18.0 Å². The maximum Gasteiger partial charge on any atom is 0.278 e. The molecule has 7 heteroatoms. The molecule has 132 valence electrons. The number of nitrogens with zero attached hydrogens (tertiary/aromatic N) is 5. The normalized spacial score (nSPS) is 17.4. The van der Waals surface area contributed by atoms with E-state index in [2.05, 4.69) is 16.0 Å². The number of rotatable bonds is 3. The number of piperidine rings is 1. The minimum absolute atomic E-state index is 0.0946. The second-order valence-corrected chi connectivity index (χ2v) is 6.68. The van der Waals surface area contributed by atoms with Crippen molar-refractivity contribution in [1.29, 1.82) is 5.26 Å². The van der Waals surface area contributed by atoms with Crippen LogP contribution in [0.15, 0.2) is 47.8 Å². The molecule has 0 radical (unpaired) electrons. The van der Waals surface area contributed by atoms with E-state index in [0.29, 0.717) is 24.2 Å². The molecule has 1 saturated heterocycles. The highest BCUT2D eigenvalue weighted by Gasteiger charge is 2.22. The summed E-state index contributed by atoms with van der Waals surface area (Å²) >= 11 is 0. The molecule has 1 unspecified atom stereocenters. The zero-order valence-corrected chi connectivity index (χ0v) is 14.4. The minimum atomic E-state index is -0.119. The molecule has 2 N–H and O–H groups in total. The molecule has 7 nitrogen and oxygen atoms in total. The predicted molar refractivity (Wildman–Crippen MR) is 99.1 cm³/mol. The van der Waals surface area contributed by atoms with Gasteiger partial charge in [-0.3, -0.25) is 13.8 Å². The first kappa shape index (κ1) is 16.4. The van der Waals surface area contributed by atoms with Crippen LogP contribution >= 0.6 is 0 Å². The van der Waals surface area contributed by atoms with E-state index in [1.54, 1.807) is 27.6 Å². The standard InChI is InChI=1S/C19H20N6O/c20-8-14-4-1-2-5-15(14)10-25-18(23-7-3-6-16(21)11-23)12-24-13-22-9-17(24)19(25)26/h1-2,4-5,9,12-13,16H,3,6-7,10-11,21H2. The van der Waals surface area contributed by atoms with Gasteiger partial charge >= 0.3 is 0 Å². The van der Waals surface area contributed by atoms with Crippen molar-refractivity contribution in [2.45, 2.75) is 25.4 Å². The highest BCUT2D eigenvalue weighted by atomic mass is 16.1.